The molecule has 0 saturated heterocycles. The van der Waals surface area contributed by atoms with E-state index in [0.29, 0.717) is 11.3 Å². The van der Waals surface area contributed by atoms with Gasteiger partial charge in [-0.3, -0.25) is 14.5 Å². The molecule has 1 aliphatic heterocycles. The quantitative estimate of drug-likeness (QED) is 0.752. The fourth-order valence-electron chi connectivity index (χ4n) is 2.63. The second kappa shape index (κ2) is 7.55. The molecule has 0 aromatic heterocycles. The van der Waals surface area contributed by atoms with Crippen molar-refractivity contribution in [2.75, 3.05) is 12.4 Å². The van der Waals surface area contributed by atoms with Crippen LogP contribution in [0.25, 0.3) is 0 Å². The molecule has 2 amide bonds. The van der Waals surface area contributed by atoms with E-state index in [2.05, 4.69) is 5.32 Å². The van der Waals surface area contributed by atoms with Crippen molar-refractivity contribution in [3.05, 3.63) is 70.4 Å². The number of hydrogen-bond acceptors (Lipinski definition) is 4. The molecular weight excluding hydrogens is 397 g/mol. The summed E-state index contributed by atoms with van der Waals surface area (Å²) in [5, 5.41) is 2.15. The van der Waals surface area contributed by atoms with E-state index in [9.17, 15) is 22.8 Å². The predicted octanol–water partition coefficient (Wildman–Crippen LogP) is 4.15. The molecule has 0 fully saturated rings. The third kappa shape index (κ3) is 3.96. The summed E-state index contributed by atoms with van der Waals surface area (Å²) in [5.41, 5.74) is -0.497. The third-order valence-corrected chi connectivity index (χ3v) is 4.42. The fourth-order valence-corrected chi connectivity index (χ4v) is 2.86. The van der Waals surface area contributed by atoms with E-state index < -0.39 is 23.6 Å². The minimum Gasteiger partial charge on any atom is -0.497 e. The first-order valence-electron chi connectivity index (χ1n) is 8.04. The van der Waals surface area contributed by atoms with Crippen molar-refractivity contribution in [3.8, 4) is 5.75 Å². The number of ether oxygens (including phenoxy) is 1. The van der Waals surface area contributed by atoms with E-state index in [4.69, 9.17) is 16.3 Å². The molecule has 3 rings (SSSR count). The van der Waals surface area contributed by atoms with Crippen LogP contribution in [0.1, 0.15) is 11.1 Å². The first-order chi connectivity index (χ1) is 13.2. The Bertz CT molecular complexity index is 956. The molecule has 5 nitrogen and oxygen atoms in total. The highest BCUT2D eigenvalue weighted by molar-refractivity contribution is 6.48. The molecule has 2 aromatic carbocycles. The number of alkyl halides is 3. The summed E-state index contributed by atoms with van der Waals surface area (Å²) in [7, 11) is 1.51. The molecule has 28 heavy (non-hydrogen) atoms. The Kier molecular flexibility index (Phi) is 5.33. The standard InChI is InChI=1S/C19H14ClF3N2O3/c1-28-14-7-5-11(6-8-14)10-25-17(26)15(20)16(18(25)27)24-13-4-2-3-12(9-13)19(21,22)23/h2-9,24H,10H2,1H3. The second-order valence-corrected chi connectivity index (χ2v) is 6.32. The summed E-state index contributed by atoms with van der Waals surface area (Å²) in [4.78, 5) is 25.9. The highest BCUT2D eigenvalue weighted by Gasteiger charge is 2.38. The molecule has 1 N–H and O–H groups in total. The first-order valence-corrected chi connectivity index (χ1v) is 8.41. The molecule has 1 heterocycles. The van der Waals surface area contributed by atoms with Crippen LogP contribution >= 0.6 is 11.6 Å². The Morgan fingerprint density at radius 1 is 1.07 bits per heavy atom. The molecule has 0 bridgehead atoms. The Balaban J connectivity index is 1.79. The molecule has 0 unspecified atom stereocenters. The molecule has 0 spiro atoms. The van der Waals surface area contributed by atoms with Crippen LogP contribution in [-0.2, 0) is 22.3 Å². The van der Waals surface area contributed by atoms with Gasteiger partial charge in [0.15, 0.2) is 0 Å². The van der Waals surface area contributed by atoms with Crippen molar-refractivity contribution in [3.63, 3.8) is 0 Å². The van der Waals surface area contributed by atoms with E-state index in [1.165, 1.54) is 19.2 Å². The largest absolute Gasteiger partial charge is 0.497 e. The van der Waals surface area contributed by atoms with Gasteiger partial charge in [0.25, 0.3) is 11.8 Å². The highest BCUT2D eigenvalue weighted by Crippen LogP contribution is 2.32. The van der Waals surface area contributed by atoms with Crippen LogP contribution in [0.3, 0.4) is 0 Å². The predicted molar refractivity (Wildman–Crippen MR) is 96.5 cm³/mol. The van der Waals surface area contributed by atoms with E-state index >= 15 is 0 Å². The Labute approximate surface area is 163 Å². The summed E-state index contributed by atoms with van der Waals surface area (Å²) < 4.78 is 43.6. The van der Waals surface area contributed by atoms with E-state index in [-0.39, 0.29) is 23.0 Å². The molecule has 0 atom stereocenters. The van der Waals surface area contributed by atoms with Crippen molar-refractivity contribution in [1.82, 2.24) is 4.90 Å². The zero-order valence-corrected chi connectivity index (χ0v) is 15.3. The van der Waals surface area contributed by atoms with E-state index in [1.54, 1.807) is 24.3 Å². The van der Waals surface area contributed by atoms with Gasteiger partial charge in [0.1, 0.15) is 16.5 Å². The Hall–Kier alpha value is -3.00. The van der Waals surface area contributed by atoms with Crippen LogP contribution in [0, 0.1) is 0 Å². The summed E-state index contributed by atoms with van der Waals surface area (Å²) in [6.07, 6.45) is -4.54. The van der Waals surface area contributed by atoms with Crippen LogP contribution in [0.2, 0.25) is 0 Å². The number of halogens is 4. The van der Waals surface area contributed by atoms with Crippen LogP contribution in [-0.4, -0.2) is 23.8 Å². The Morgan fingerprint density at radius 3 is 2.36 bits per heavy atom. The number of hydrogen-bond donors (Lipinski definition) is 1. The highest BCUT2D eigenvalue weighted by atomic mass is 35.5. The van der Waals surface area contributed by atoms with Crippen molar-refractivity contribution in [2.45, 2.75) is 12.7 Å². The minimum absolute atomic E-state index is 0.00424. The van der Waals surface area contributed by atoms with Crippen molar-refractivity contribution < 1.29 is 27.5 Å². The summed E-state index contributed by atoms with van der Waals surface area (Å²) in [5.74, 6) is -0.828. The lowest BCUT2D eigenvalue weighted by Crippen LogP contribution is -2.31. The number of anilines is 1. The van der Waals surface area contributed by atoms with Crippen molar-refractivity contribution in [2.24, 2.45) is 0 Å². The number of rotatable bonds is 5. The molecule has 9 heteroatoms. The van der Waals surface area contributed by atoms with Gasteiger partial charge < -0.3 is 10.1 Å². The average Bonchev–Trinajstić information content (AvgIpc) is 2.86. The number of nitrogens with one attached hydrogen (secondary N) is 1. The van der Waals surface area contributed by atoms with E-state index in [0.717, 1.165) is 17.0 Å². The number of methoxy groups -OCH3 is 1. The second-order valence-electron chi connectivity index (χ2n) is 5.94. The van der Waals surface area contributed by atoms with Gasteiger partial charge in [-0.25, -0.2) is 0 Å². The summed E-state index contributed by atoms with van der Waals surface area (Å²) in [6.45, 7) is -0.0361. The summed E-state index contributed by atoms with van der Waals surface area (Å²) >= 11 is 5.97. The summed E-state index contributed by atoms with van der Waals surface area (Å²) in [6, 6.07) is 11.0. The zero-order chi connectivity index (χ0) is 20.5. The monoisotopic (exact) mass is 410 g/mol. The Morgan fingerprint density at radius 2 is 1.75 bits per heavy atom. The molecule has 146 valence electrons. The van der Waals surface area contributed by atoms with Crippen molar-refractivity contribution >= 4 is 29.1 Å². The van der Waals surface area contributed by atoms with Crippen LogP contribution < -0.4 is 10.1 Å². The number of benzene rings is 2. The maximum absolute atomic E-state index is 12.9. The lowest BCUT2D eigenvalue weighted by atomic mass is 10.2. The molecular formula is C19H14ClF3N2O3. The van der Waals surface area contributed by atoms with Gasteiger partial charge in [0.2, 0.25) is 0 Å². The fraction of sp³-hybridized carbons (Fsp3) is 0.158. The average molecular weight is 411 g/mol. The molecule has 0 saturated carbocycles. The third-order valence-electron chi connectivity index (χ3n) is 4.07. The minimum atomic E-state index is -4.54. The number of imide groups is 1. The van der Waals surface area contributed by atoms with Gasteiger partial charge in [0.05, 0.1) is 19.2 Å². The number of amides is 2. The maximum atomic E-state index is 12.9. The zero-order valence-electron chi connectivity index (χ0n) is 14.5. The first kappa shape index (κ1) is 19.8. The molecule has 0 radical (unpaired) electrons. The maximum Gasteiger partial charge on any atom is 0.416 e. The smallest absolute Gasteiger partial charge is 0.416 e. The van der Waals surface area contributed by atoms with Crippen LogP contribution in [0.15, 0.2) is 59.3 Å². The molecule has 0 aliphatic carbocycles. The number of nitrogens with zero attached hydrogens (tertiary/aromatic N) is 1. The lowest BCUT2D eigenvalue weighted by Gasteiger charge is -2.15. The van der Waals surface area contributed by atoms with Crippen molar-refractivity contribution in [1.29, 1.82) is 0 Å². The van der Waals surface area contributed by atoms with Gasteiger partial charge >= 0.3 is 6.18 Å². The van der Waals surface area contributed by atoms with Gasteiger partial charge in [-0.1, -0.05) is 29.8 Å². The molecule has 1 aliphatic rings. The lowest BCUT2D eigenvalue weighted by molar-refractivity contribution is -0.138. The van der Waals surface area contributed by atoms with E-state index in [1.807, 2.05) is 0 Å². The molecule has 2 aromatic rings. The van der Waals surface area contributed by atoms with Crippen LogP contribution in [0.5, 0.6) is 5.75 Å². The topological polar surface area (TPSA) is 58.6 Å². The SMILES string of the molecule is COc1ccc(CN2C(=O)C(Cl)=C(Nc3cccc(C(F)(F)F)c3)C2=O)cc1. The number of carbonyl (C=O) groups excluding carboxylic acids is 2. The van der Waals surface area contributed by atoms with Crippen LogP contribution in [0.4, 0.5) is 18.9 Å². The van der Waals surface area contributed by atoms with Gasteiger partial charge in [-0.05, 0) is 35.9 Å². The van der Waals surface area contributed by atoms with Gasteiger partial charge in [0, 0.05) is 5.69 Å². The van der Waals surface area contributed by atoms with Gasteiger partial charge in [-0.15, -0.1) is 0 Å². The van der Waals surface area contributed by atoms with Gasteiger partial charge in [-0.2, -0.15) is 13.2 Å². The normalized spacial score (nSPS) is 14.7. The number of carbonyl (C=O) groups is 2.